The Labute approximate surface area is 103 Å². The molecule has 2 heterocycles. The molecule has 1 fully saturated rings. The fourth-order valence-electron chi connectivity index (χ4n) is 2.15. The van der Waals surface area contributed by atoms with Crippen LogP contribution >= 0.6 is 0 Å². The van der Waals surface area contributed by atoms with Gasteiger partial charge < -0.3 is 10.5 Å². The minimum Gasteiger partial charge on any atom is -0.476 e. The first-order valence-electron chi connectivity index (χ1n) is 6.33. The highest BCUT2D eigenvalue weighted by molar-refractivity contribution is 5.28. The van der Waals surface area contributed by atoms with E-state index in [-0.39, 0.29) is 6.04 Å². The predicted molar refractivity (Wildman–Crippen MR) is 68.0 cm³/mol. The molecule has 4 nitrogen and oxygen atoms in total. The largest absolute Gasteiger partial charge is 0.476 e. The molecule has 1 atom stereocenters. The molecule has 0 saturated carbocycles. The highest BCUT2D eigenvalue weighted by atomic mass is 16.5. The van der Waals surface area contributed by atoms with Crippen molar-refractivity contribution in [2.45, 2.75) is 25.8 Å². The van der Waals surface area contributed by atoms with Gasteiger partial charge in [0, 0.05) is 24.3 Å². The van der Waals surface area contributed by atoms with Gasteiger partial charge in [0.1, 0.15) is 6.61 Å². The molecule has 4 heteroatoms. The maximum absolute atomic E-state index is 5.88. The molecule has 0 spiro atoms. The second-order valence-electron chi connectivity index (χ2n) is 4.58. The van der Waals surface area contributed by atoms with E-state index in [2.05, 4.69) is 9.88 Å². The molecule has 94 valence electrons. The number of pyridine rings is 1. The van der Waals surface area contributed by atoms with Crippen molar-refractivity contribution in [1.82, 2.24) is 9.88 Å². The van der Waals surface area contributed by atoms with Gasteiger partial charge in [0.15, 0.2) is 0 Å². The van der Waals surface area contributed by atoms with Gasteiger partial charge in [-0.25, -0.2) is 4.98 Å². The monoisotopic (exact) mass is 235 g/mol. The van der Waals surface area contributed by atoms with Crippen molar-refractivity contribution in [3.05, 3.63) is 23.9 Å². The summed E-state index contributed by atoms with van der Waals surface area (Å²) >= 11 is 0. The smallest absolute Gasteiger partial charge is 0.218 e. The van der Waals surface area contributed by atoms with E-state index < -0.39 is 0 Å². The minimum atomic E-state index is -0.0366. The van der Waals surface area contributed by atoms with Crippen LogP contribution in [0.15, 0.2) is 18.3 Å². The SMILES string of the molecule is C[C@@H](N)c1cccnc1OCCN1CCCC1. The molecule has 0 radical (unpaired) electrons. The second-order valence-corrected chi connectivity index (χ2v) is 4.58. The van der Waals surface area contributed by atoms with E-state index in [1.165, 1.54) is 25.9 Å². The molecule has 1 aliphatic heterocycles. The van der Waals surface area contributed by atoms with E-state index in [4.69, 9.17) is 10.5 Å². The highest BCUT2D eigenvalue weighted by Crippen LogP contribution is 2.20. The minimum absolute atomic E-state index is 0.0366. The van der Waals surface area contributed by atoms with E-state index in [9.17, 15) is 0 Å². The molecule has 1 aromatic heterocycles. The molecule has 17 heavy (non-hydrogen) atoms. The molecule has 2 rings (SSSR count). The van der Waals surface area contributed by atoms with E-state index in [0.29, 0.717) is 12.5 Å². The van der Waals surface area contributed by atoms with Gasteiger partial charge in [0.05, 0.1) is 0 Å². The number of hydrogen-bond acceptors (Lipinski definition) is 4. The summed E-state index contributed by atoms with van der Waals surface area (Å²) in [5.41, 5.74) is 6.86. The van der Waals surface area contributed by atoms with Crippen LogP contribution in [0.2, 0.25) is 0 Å². The average Bonchev–Trinajstić information content (AvgIpc) is 2.82. The van der Waals surface area contributed by atoms with Crippen molar-refractivity contribution in [2.75, 3.05) is 26.2 Å². The van der Waals surface area contributed by atoms with Gasteiger partial charge in [-0.1, -0.05) is 6.07 Å². The van der Waals surface area contributed by atoms with Crippen molar-refractivity contribution in [3.63, 3.8) is 0 Å². The number of ether oxygens (including phenoxy) is 1. The van der Waals surface area contributed by atoms with Crippen molar-refractivity contribution in [2.24, 2.45) is 5.73 Å². The molecule has 0 unspecified atom stereocenters. The molecule has 0 amide bonds. The Kier molecular flexibility index (Phi) is 4.34. The summed E-state index contributed by atoms with van der Waals surface area (Å²) in [6.45, 7) is 6.02. The van der Waals surface area contributed by atoms with Crippen LogP contribution in [0.1, 0.15) is 31.4 Å². The van der Waals surface area contributed by atoms with Crippen LogP contribution in [-0.2, 0) is 0 Å². The maximum Gasteiger partial charge on any atom is 0.218 e. The summed E-state index contributed by atoms with van der Waals surface area (Å²) in [5, 5.41) is 0. The Hall–Kier alpha value is -1.13. The molecule has 1 aromatic rings. The third-order valence-corrected chi connectivity index (χ3v) is 3.14. The lowest BCUT2D eigenvalue weighted by Crippen LogP contribution is -2.25. The summed E-state index contributed by atoms with van der Waals surface area (Å²) in [6.07, 6.45) is 4.38. The summed E-state index contributed by atoms with van der Waals surface area (Å²) in [7, 11) is 0. The van der Waals surface area contributed by atoms with Crippen molar-refractivity contribution in [1.29, 1.82) is 0 Å². The average molecular weight is 235 g/mol. The van der Waals surface area contributed by atoms with E-state index in [1.54, 1.807) is 6.20 Å². The van der Waals surface area contributed by atoms with Crippen LogP contribution in [0.5, 0.6) is 5.88 Å². The normalized spacial score (nSPS) is 18.2. The van der Waals surface area contributed by atoms with Crippen LogP contribution < -0.4 is 10.5 Å². The number of likely N-dealkylation sites (tertiary alicyclic amines) is 1. The van der Waals surface area contributed by atoms with E-state index >= 15 is 0 Å². The first-order chi connectivity index (χ1) is 8.27. The zero-order chi connectivity index (χ0) is 12.1. The molecule has 0 aromatic carbocycles. The zero-order valence-electron chi connectivity index (χ0n) is 10.4. The first kappa shape index (κ1) is 12.3. The van der Waals surface area contributed by atoms with E-state index in [0.717, 1.165) is 12.1 Å². The highest BCUT2D eigenvalue weighted by Gasteiger charge is 2.12. The quantitative estimate of drug-likeness (QED) is 0.841. The van der Waals surface area contributed by atoms with Crippen molar-refractivity contribution >= 4 is 0 Å². The Morgan fingerprint density at radius 3 is 2.94 bits per heavy atom. The maximum atomic E-state index is 5.88. The van der Waals surface area contributed by atoms with Crippen LogP contribution in [-0.4, -0.2) is 36.1 Å². The van der Waals surface area contributed by atoms with Gasteiger partial charge >= 0.3 is 0 Å². The molecule has 2 N–H and O–H groups in total. The molecule has 0 bridgehead atoms. The lowest BCUT2D eigenvalue weighted by molar-refractivity contribution is 0.229. The molecule has 1 saturated heterocycles. The predicted octanol–water partition coefficient (Wildman–Crippen LogP) is 1.58. The first-order valence-corrected chi connectivity index (χ1v) is 6.33. The number of nitrogens with two attached hydrogens (primary N) is 1. The van der Waals surface area contributed by atoms with Crippen molar-refractivity contribution in [3.8, 4) is 5.88 Å². The summed E-state index contributed by atoms with van der Waals surface area (Å²) in [6, 6.07) is 3.83. The Morgan fingerprint density at radius 2 is 2.24 bits per heavy atom. The third kappa shape index (κ3) is 3.41. The lowest BCUT2D eigenvalue weighted by Gasteiger charge is -2.16. The Morgan fingerprint density at radius 1 is 1.47 bits per heavy atom. The van der Waals surface area contributed by atoms with Gasteiger partial charge in [-0.2, -0.15) is 0 Å². The van der Waals surface area contributed by atoms with Crippen molar-refractivity contribution < 1.29 is 4.74 Å². The number of rotatable bonds is 5. The summed E-state index contributed by atoms with van der Waals surface area (Å²) in [5.74, 6) is 0.682. The Balaban J connectivity index is 1.85. The van der Waals surface area contributed by atoms with Gasteiger partial charge in [-0.15, -0.1) is 0 Å². The van der Waals surface area contributed by atoms with Crippen LogP contribution in [0, 0.1) is 0 Å². The molecule has 0 aliphatic carbocycles. The molecule has 1 aliphatic rings. The Bertz CT molecular complexity index is 348. The fraction of sp³-hybridized carbons (Fsp3) is 0.615. The van der Waals surface area contributed by atoms with Gasteiger partial charge in [0.25, 0.3) is 0 Å². The van der Waals surface area contributed by atoms with Gasteiger partial charge in [-0.05, 0) is 38.9 Å². The third-order valence-electron chi connectivity index (χ3n) is 3.14. The lowest BCUT2D eigenvalue weighted by atomic mass is 10.1. The summed E-state index contributed by atoms with van der Waals surface area (Å²) < 4.78 is 5.73. The van der Waals surface area contributed by atoms with Gasteiger partial charge in [0.2, 0.25) is 5.88 Å². The van der Waals surface area contributed by atoms with Crippen LogP contribution in [0.25, 0.3) is 0 Å². The number of aromatic nitrogens is 1. The number of hydrogen-bond donors (Lipinski definition) is 1. The zero-order valence-corrected chi connectivity index (χ0v) is 10.4. The van der Waals surface area contributed by atoms with E-state index in [1.807, 2.05) is 19.1 Å². The molecular weight excluding hydrogens is 214 g/mol. The topological polar surface area (TPSA) is 51.4 Å². The second kappa shape index (κ2) is 5.98. The fourth-order valence-corrected chi connectivity index (χ4v) is 2.15. The standard InChI is InChI=1S/C13H21N3O/c1-11(14)12-5-4-6-15-13(12)17-10-9-16-7-2-3-8-16/h4-6,11H,2-3,7-10,14H2,1H3/t11-/m1/s1. The van der Waals surface area contributed by atoms with Crippen LogP contribution in [0.3, 0.4) is 0 Å². The number of nitrogens with zero attached hydrogens (tertiary/aromatic N) is 2. The van der Waals surface area contributed by atoms with Gasteiger partial charge in [-0.3, -0.25) is 4.90 Å². The summed E-state index contributed by atoms with van der Waals surface area (Å²) in [4.78, 5) is 6.67. The van der Waals surface area contributed by atoms with Crippen LogP contribution in [0.4, 0.5) is 0 Å². The molecular formula is C13H21N3O.